The molecule has 0 saturated heterocycles. The maximum Gasteiger partial charge on any atom is 0.289 e. The van der Waals surface area contributed by atoms with Crippen LogP contribution in [0.3, 0.4) is 0 Å². The van der Waals surface area contributed by atoms with Crippen molar-refractivity contribution in [1.29, 1.82) is 0 Å². The minimum absolute atomic E-state index is 0.0906. The third-order valence-corrected chi connectivity index (χ3v) is 6.50. The van der Waals surface area contributed by atoms with Gasteiger partial charge in [-0.2, -0.15) is 0 Å². The molecule has 0 saturated carbocycles. The molecule has 1 atom stereocenters. The number of amides is 2. The number of benzene rings is 2. The second-order valence-corrected chi connectivity index (χ2v) is 8.56. The van der Waals surface area contributed by atoms with Crippen molar-refractivity contribution in [2.45, 2.75) is 17.4 Å². The Hall–Kier alpha value is -3.72. The summed E-state index contributed by atoms with van der Waals surface area (Å²) < 4.78 is 0. The molecular formula is C23H20N6O2S. The molecule has 32 heavy (non-hydrogen) atoms. The van der Waals surface area contributed by atoms with Crippen LogP contribution in [0.15, 0.2) is 65.7 Å². The number of carbonyl (C=O) groups is 2. The van der Waals surface area contributed by atoms with Gasteiger partial charge in [0, 0.05) is 35.7 Å². The molecule has 2 aromatic carbocycles. The van der Waals surface area contributed by atoms with Crippen LogP contribution in [0.5, 0.6) is 0 Å². The van der Waals surface area contributed by atoms with Crippen LogP contribution in [-0.2, 0) is 11.2 Å². The van der Waals surface area contributed by atoms with Crippen molar-refractivity contribution >= 4 is 40.2 Å². The summed E-state index contributed by atoms with van der Waals surface area (Å²) in [4.78, 5) is 35.9. The summed E-state index contributed by atoms with van der Waals surface area (Å²) in [6, 6.07) is 16.8. The van der Waals surface area contributed by atoms with Gasteiger partial charge < -0.3 is 15.2 Å². The topological polar surface area (TPSA) is 104 Å². The summed E-state index contributed by atoms with van der Waals surface area (Å²) in [6.45, 7) is 0. The van der Waals surface area contributed by atoms with E-state index in [0.29, 0.717) is 18.0 Å². The van der Waals surface area contributed by atoms with E-state index >= 15 is 0 Å². The van der Waals surface area contributed by atoms with Gasteiger partial charge in [0.1, 0.15) is 11.9 Å². The van der Waals surface area contributed by atoms with Crippen LogP contribution in [0.25, 0.3) is 10.9 Å². The van der Waals surface area contributed by atoms with Crippen molar-refractivity contribution in [3.05, 3.63) is 78.0 Å². The van der Waals surface area contributed by atoms with Crippen LogP contribution in [0.4, 0.5) is 5.69 Å². The lowest BCUT2D eigenvalue weighted by Crippen LogP contribution is -2.48. The van der Waals surface area contributed by atoms with Crippen molar-refractivity contribution in [1.82, 2.24) is 25.5 Å². The molecule has 5 rings (SSSR count). The largest absolute Gasteiger partial charge is 0.337 e. The molecule has 4 aromatic rings. The van der Waals surface area contributed by atoms with Crippen molar-refractivity contribution < 1.29 is 9.59 Å². The third-order valence-electron chi connectivity index (χ3n) is 5.36. The summed E-state index contributed by atoms with van der Waals surface area (Å²) in [5.41, 5.74) is 2.70. The van der Waals surface area contributed by atoms with E-state index in [-0.39, 0.29) is 11.7 Å². The summed E-state index contributed by atoms with van der Waals surface area (Å²) >= 11 is 1.53. The zero-order chi connectivity index (χ0) is 22.1. The summed E-state index contributed by atoms with van der Waals surface area (Å²) in [6.07, 6.45) is 2.27. The van der Waals surface area contributed by atoms with Crippen molar-refractivity contribution in [2.24, 2.45) is 0 Å². The first-order valence-electron chi connectivity index (χ1n) is 10.1. The number of H-pyrrole nitrogens is 1. The van der Waals surface area contributed by atoms with Crippen LogP contribution >= 0.6 is 11.8 Å². The number of carbonyl (C=O) groups excluding carboxylic acids is 2. The predicted molar refractivity (Wildman–Crippen MR) is 123 cm³/mol. The van der Waals surface area contributed by atoms with Gasteiger partial charge in [0.05, 0.1) is 11.2 Å². The highest BCUT2D eigenvalue weighted by Gasteiger charge is 2.31. The van der Waals surface area contributed by atoms with Gasteiger partial charge >= 0.3 is 0 Å². The van der Waals surface area contributed by atoms with E-state index in [2.05, 4.69) is 25.5 Å². The molecule has 0 bridgehead atoms. The third kappa shape index (κ3) is 3.82. The average Bonchev–Trinajstić information content (AvgIpc) is 3.25. The Balaban J connectivity index is 1.33. The Morgan fingerprint density at radius 3 is 2.84 bits per heavy atom. The fraction of sp³-hybridized carbons (Fsp3) is 0.174. The van der Waals surface area contributed by atoms with Crippen LogP contribution in [0, 0.1) is 0 Å². The number of nitrogens with zero attached hydrogens (tertiary/aromatic N) is 4. The van der Waals surface area contributed by atoms with Crippen molar-refractivity contribution in [3.8, 4) is 0 Å². The Labute approximate surface area is 188 Å². The molecule has 2 aromatic heterocycles. The van der Waals surface area contributed by atoms with Gasteiger partial charge in [-0.15, -0.1) is 22.0 Å². The number of likely N-dealkylation sites (N-methyl/N-ethyl adjacent to an activating group) is 1. The molecular weight excluding hydrogens is 424 g/mol. The SMILES string of the molecule is CN1C(=O)[C@@H](NC(=O)c2nnc(Cc3ccccc3)[nH]2)CSc2ccc3ncccc3c21. The smallest absolute Gasteiger partial charge is 0.289 e. The zero-order valence-electron chi connectivity index (χ0n) is 17.3. The Bertz CT molecular complexity index is 1310. The number of fused-ring (bicyclic) bond motifs is 3. The molecule has 160 valence electrons. The van der Waals surface area contributed by atoms with E-state index in [1.807, 2.05) is 54.6 Å². The van der Waals surface area contributed by atoms with Gasteiger partial charge in [-0.3, -0.25) is 14.6 Å². The number of hydrogen-bond donors (Lipinski definition) is 2. The average molecular weight is 445 g/mol. The van der Waals surface area contributed by atoms with E-state index in [1.54, 1.807) is 18.1 Å². The normalized spacial score (nSPS) is 16.0. The lowest BCUT2D eigenvalue weighted by molar-refractivity contribution is -0.119. The minimum Gasteiger partial charge on any atom is -0.337 e. The van der Waals surface area contributed by atoms with Crippen molar-refractivity contribution in [2.75, 3.05) is 17.7 Å². The van der Waals surface area contributed by atoms with Crippen LogP contribution in [0.1, 0.15) is 22.0 Å². The van der Waals surface area contributed by atoms with Gasteiger partial charge in [-0.1, -0.05) is 30.3 Å². The van der Waals surface area contributed by atoms with Crippen LogP contribution in [0.2, 0.25) is 0 Å². The summed E-state index contributed by atoms with van der Waals surface area (Å²) in [5, 5.41) is 11.8. The lowest BCUT2D eigenvalue weighted by Gasteiger charge is -2.22. The molecule has 0 fully saturated rings. The number of aromatic nitrogens is 4. The van der Waals surface area contributed by atoms with Gasteiger partial charge in [-0.05, 0) is 29.8 Å². The Morgan fingerprint density at radius 1 is 1.16 bits per heavy atom. The number of aromatic amines is 1. The maximum atomic E-state index is 13.2. The fourth-order valence-corrected chi connectivity index (χ4v) is 4.89. The number of rotatable bonds is 4. The molecule has 1 aliphatic heterocycles. The monoisotopic (exact) mass is 444 g/mol. The van der Waals surface area contributed by atoms with E-state index < -0.39 is 11.9 Å². The molecule has 0 radical (unpaired) electrons. The van der Waals surface area contributed by atoms with Gasteiger partial charge in [0.15, 0.2) is 0 Å². The highest BCUT2D eigenvalue weighted by atomic mass is 32.2. The quantitative estimate of drug-likeness (QED) is 0.502. The van der Waals surface area contributed by atoms with Gasteiger partial charge in [-0.25, -0.2) is 0 Å². The molecule has 8 nitrogen and oxygen atoms in total. The number of nitrogens with one attached hydrogen (secondary N) is 2. The fourth-order valence-electron chi connectivity index (χ4n) is 3.77. The minimum atomic E-state index is -0.695. The van der Waals surface area contributed by atoms with Gasteiger partial charge in [0.25, 0.3) is 5.91 Å². The van der Waals surface area contributed by atoms with Crippen LogP contribution in [-0.4, -0.2) is 50.8 Å². The van der Waals surface area contributed by atoms with Crippen molar-refractivity contribution in [3.63, 3.8) is 0 Å². The zero-order valence-corrected chi connectivity index (χ0v) is 18.1. The second kappa shape index (κ2) is 8.43. The van der Waals surface area contributed by atoms with E-state index in [9.17, 15) is 9.59 Å². The first-order chi connectivity index (χ1) is 15.6. The highest BCUT2D eigenvalue weighted by molar-refractivity contribution is 7.99. The van der Waals surface area contributed by atoms with Gasteiger partial charge in [0.2, 0.25) is 11.7 Å². The molecule has 3 heterocycles. The Morgan fingerprint density at radius 2 is 2.00 bits per heavy atom. The maximum absolute atomic E-state index is 13.2. The standard InChI is InChI=1S/C23H20N6O2S/c1-29-20-15-8-5-11-24-16(15)9-10-18(20)32-13-17(23(29)31)25-22(30)21-26-19(27-28-21)12-14-6-3-2-4-7-14/h2-11,17H,12-13H2,1H3,(H,25,30)(H,26,27,28)/t17-/m0/s1. The summed E-state index contributed by atoms with van der Waals surface area (Å²) in [5.74, 6) is 0.449. The predicted octanol–water partition coefficient (Wildman–Crippen LogP) is 2.81. The molecule has 0 unspecified atom stereocenters. The van der Waals surface area contributed by atoms with E-state index in [0.717, 1.165) is 27.0 Å². The number of hydrogen-bond acceptors (Lipinski definition) is 6. The molecule has 0 aliphatic carbocycles. The van der Waals surface area contributed by atoms with Crippen LogP contribution < -0.4 is 10.2 Å². The molecule has 1 aliphatic rings. The lowest BCUT2D eigenvalue weighted by atomic mass is 10.1. The highest BCUT2D eigenvalue weighted by Crippen LogP contribution is 2.38. The van der Waals surface area contributed by atoms with E-state index in [4.69, 9.17) is 0 Å². The second-order valence-electron chi connectivity index (χ2n) is 7.50. The summed E-state index contributed by atoms with van der Waals surface area (Å²) in [7, 11) is 1.73. The molecule has 2 amide bonds. The molecule has 0 spiro atoms. The first-order valence-corrected chi connectivity index (χ1v) is 11.1. The van der Waals surface area contributed by atoms with E-state index in [1.165, 1.54) is 11.8 Å². The number of pyridine rings is 1. The molecule has 9 heteroatoms. The first kappa shape index (κ1) is 20.2. The Kier molecular flexibility index (Phi) is 5.32. The molecule has 2 N–H and O–H groups in total. The number of thioether (sulfide) groups is 1. The number of anilines is 1.